The minimum Gasteiger partial charge on any atom is -0.444 e. The van der Waals surface area contributed by atoms with Crippen molar-refractivity contribution < 1.29 is 31.5 Å². The number of carbonyl (C=O) groups excluding carboxylic acids is 1. The maximum atomic E-state index is 14.6. The Morgan fingerprint density at radius 2 is 1.93 bits per heavy atom. The predicted octanol–water partition coefficient (Wildman–Crippen LogP) is 4.02. The number of alkyl halides is 5. The van der Waals surface area contributed by atoms with E-state index in [-0.39, 0.29) is 25.5 Å². The van der Waals surface area contributed by atoms with Crippen molar-refractivity contribution in [3.63, 3.8) is 0 Å². The van der Waals surface area contributed by atoms with Gasteiger partial charge in [0, 0.05) is 32.3 Å². The summed E-state index contributed by atoms with van der Waals surface area (Å²) in [6.07, 6.45) is -5.47. The van der Waals surface area contributed by atoms with Crippen molar-refractivity contribution in [3.8, 4) is 0 Å². The lowest BCUT2D eigenvalue weighted by atomic mass is 9.92. The van der Waals surface area contributed by atoms with Crippen molar-refractivity contribution in [1.29, 1.82) is 0 Å². The fraction of sp³-hybridized carbons (Fsp3) is 0.647. The average molecular weight is 393 g/mol. The molecule has 2 aliphatic heterocycles. The number of hydrogen-bond acceptors (Lipinski definition) is 4. The lowest BCUT2D eigenvalue weighted by Gasteiger charge is -2.47. The van der Waals surface area contributed by atoms with Crippen molar-refractivity contribution in [2.24, 2.45) is 0 Å². The number of piperazine rings is 1. The third kappa shape index (κ3) is 3.93. The number of fused-ring (bicyclic) bond motifs is 3. The third-order valence-electron chi connectivity index (χ3n) is 4.49. The van der Waals surface area contributed by atoms with Crippen LogP contribution in [0.5, 0.6) is 0 Å². The standard InChI is InChI=1S/C17H20F5N3O2/c1-15(2,3)27-14(26)24-4-5-25-11(9-24)7-16(18,19)12-6-10(17(20,21)22)8-23-13(12)25/h6,8,11H,4-5,7,9H2,1-3H3. The number of halogens is 5. The smallest absolute Gasteiger partial charge is 0.417 e. The van der Waals surface area contributed by atoms with E-state index >= 15 is 0 Å². The SMILES string of the molecule is CC(C)(C)OC(=O)N1CCN2c3ncc(C(F)(F)F)cc3C(F)(F)CC2C1. The normalized spacial score (nSPS) is 22.1. The van der Waals surface area contributed by atoms with Crippen molar-refractivity contribution in [1.82, 2.24) is 9.88 Å². The fourth-order valence-electron chi connectivity index (χ4n) is 3.32. The summed E-state index contributed by atoms with van der Waals surface area (Å²) >= 11 is 0. The van der Waals surface area contributed by atoms with Gasteiger partial charge in [0.05, 0.1) is 17.2 Å². The summed E-state index contributed by atoms with van der Waals surface area (Å²) in [5, 5.41) is 0. The number of anilines is 1. The molecule has 0 radical (unpaired) electrons. The van der Waals surface area contributed by atoms with E-state index in [0.29, 0.717) is 12.3 Å². The van der Waals surface area contributed by atoms with E-state index < -0.39 is 47.4 Å². The summed E-state index contributed by atoms with van der Waals surface area (Å²) in [5.41, 5.74) is -2.64. The van der Waals surface area contributed by atoms with Gasteiger partial charge in [-0.25, -0.2) is 18.6 Å². The summed E-state index contributed by atoms with van der Waals surface area (Å²) in [7, 11) is 0. The van der Waals surface area contributed by atoms with Crippen LogP contribution in [0.3, 0.4) is 0 Å². The molecular formula is C17H20F5N3O2. The zero-order chi connectivity index (χ0) is 20.2. The highest BCUT2D eigenvalue weighted by atomic mass is 19.4. The molecule has 0 aliphatic carbocycles. The summed E-state index contributed by atoms with van der Waals surface area (Å²) in [6, 6.07) is -0.281. The second-order valence-electron chi connectivity index (χ2n) is 7.78. The fourth-order valence-corrected chi connectivity index (χ4v) is 3.32. The average Bonchev–Trinajstić information content (AvgIpc) is 2.51. The molecule has 0 N–H and O–H groups in total. The highest BCUT2D eigenvalue weighted by molar-refractivity contribution is 5.69. The minimum atomic E-state index is -4.75. The first-order valence-electron chi connectivity index (χ1n) is 8.48. The Bertz CT molecular complexity index is 745. The van der Waals surface area contributed by atoms with Crippen LogP contribution < -0.4 is 4.90 Å². The summed E-state index contributed by atoms with van der Waals surface area (Å²) < 4.78 is 73.0. The van der Waals surface area contributed by atoms with Gasteiger partial charge in [-0.2, -0.15) is 13.2 Å². The molecule has 1 unspecified atom stereocenters. The van der Waals surface area contributed by atoms with Gasteiger partial charge in [-0.1, -0.05) is 0 Å². The van der Waals surface area contributed by atoms with Gasteiger partial charge in [-0.05, 0) is 26.8 Å². The van der Waals surface area contributed by atoms with Crippen LogP contribution in [0.4, 0.5) is 32.6 Å². The molecule has 0 saturated carbocycles. The lowest BCUT2D eigenvalue weighted by molar-refractivity contribution is -0.138. The van der Waals surface area contributed by atoms with E-state index in [1.54, 1.807) is 25.7 Å². The highest BCUT2D eigenvalue weighted by Crippen LogP contribution is 2.46. The second kappa shape index (κ2) is 6.20. The molecule has 1 atom stereocenters. The molecule has 10 heteroatoms. The van der Waals surface area contributed by atoms with Gasteiger partial charge in [0.25, 0.3) is 5.92 Å². The van der Waals surface area contributed by atoms with Gasteiger partial charge in [0.15, 0.2) is 0 Å². The monoisotopic (exact) mass is 393 g/mol. The quantitative estimate of drug-likeness (QED) is 0.625. The van der Waals surface area contributed by atoms with Crippen molar-refractivity contribution >= 4 is 11.9 Å². The molecule has 0 bridgehead atoms. The predicted molar refractivity (Wildman–Crippen MR) is 86.7 cm³/mol. The highest BCUT2D eigenvalue weighted by Gasteiger charge is 2.49. The van der Waals surface area contributed by atoms with Crippen LogP contribution in [0, 0.1) is 0 Å². The molecule has 3 rings (SSSR count). The van der Waals surface area contributed by atoms with Crippen LogP contribution in [-0.4, -0.2) is 47.3 Å². The molecule has 2 aliphatic rings. The maximum Gasteiger partial charge on any atom is 0.417 e. The van der Waals surface area contributed by atoms with E-state index in [1.807, 2.05) is 0 Å². The molecule has 3 heterocycles. The number of hydrogen-bond donors (Lipinski definition) is 0. The van der Waals surface area contributed by atoms with Gasteiger partial charge in [0.1, 0.15) is 11.4 Å². The van der Waals surface area contributed by atoms with Crippen molar-refractivity contribution in [2.45, 2.75) is 50.9 Å². The van der Waals surface area contributed by atoms with Crippen LogP contribution in [0.2, 0.25) is 0 Å². The topological polar surface area (TPSA) is 45.7 Å². The molecule has 1 saturated heterocycles. The Morgan fingerprint density at radius 1 is 1.26 bits per heavy atom. The first-order chi connectivity index (χ1) is 12.3. The molecule has 5 nitrogen and oxygen atoms in total. The Balaban J connectivity index is 1.86. The summed E-state index contributed by atoms with van der Waals surface area (Å²) in [5.74, 6) is -3.63. The van der Waals surface area contributed by atoms with Gasteiger partial charge in [-0.3, -0.25) is 0 Å². The van der Waals surface area contributed by atoms with E-state index in [9.17, 15) is 26.7 Å². The Hall–Kier alpha value is -2.13. The zero-order valence-electron chi connectivity index (χ0n) is 15.1. The van der Waals surface area contributed by atoms with Crippen LogP contribution >= 0.6 is 0 Å². The number of aromatic nitrogens is 1. The van der Waals surface area contributed by atoms with Gasteiger partial charge in [-0.15, -0.1) is 0 Å². The van der Waals surface area contributed by atoms with Gasteiger partial charge >= 0.3 is 12.3 Å². The minimum absolute atomic E-state index is 0.00730. The molecule has 0 aromatic carbocycles. The number of ether oxygens (including phenoxy) is 1. The van der Waals surface area contributed by atoms with E-state index in [1.165, 1.54) is 4.90 Å². The van der Waals surface area contributed by atoms with E-state index in [4.69, 9.17) is 4.74 Å². The summed E-state index contributed by atoms with van der Waals surface area (Å²) in [6.45, 7) is 5.49. The van der Waals surface area contributed by atoms with Gasteiger partial charge in [0.2, 0.25) is 0 Å². The van der Waals surface area contributed by atoms with Crippen LogP contribution in [0.1, 0.15) is 38.3 Å². The second-order valence-corrected chi connectivity index (χ2v) is 7.78. The maximum absolute atomic E-state index is 14.6. The third-order valence-corrected chi connectivity index (χ3v) is 4.49. The molecule has 1 fully saturated rings. The molecular weight excluding hydrogens is 373 g/mol. The number of amides is 1. The van der Waals surface area contributed by atoms with Crippen molar-refractivity contribution in [2.75, 3.05) is 24.5 Å². The molecule has 1 aromatic rings. The number of nitrogens with zero attached hydrogens (tertiary/aromatic N) is 3. The molecule has 0 spiro atoms. The molecule has 27 heavy (non-hydrogen) atoms. The Kier molecular flexibility index (Phi) is 4.51. The van der Waals surface area contributed by atoms with Crippen molar-refractivity contribution in [3.05, 3.63) is 23.4 Å². The first kappa shape index (κ1) is 19.6. The lowest BCUT2D eigenvalue weighted by Crippen LogP contribution is -2.59. The van der Waals surface area contributed by atoms with Crippen LogP contribution in [-0.2, 0) is 16.8 Å². The number of carbonyl (C=O) groups is 1. The number of rotatable bonds is 0. The van der Waals surface area contributed by atoms with E-state index in [0.717, 1.165) is 0 Å². The first-order valence-corrected chi connectivity index (χ1v) is 8.48. The molecule has 150 valence electrons. The number of pyridine rings is 1. The Morgan fingerprint density at radius 3 is 2.52 bits per heavy atom. The molecule has 1 aromatic heterocycles. The Labute approximate surface area is 153 Å². The van der Waals surface area contributed by atoms with Gasteiger partial charge < -0.3 is 14.5 Å². The van der Waals surface area contributed by atoms with E-state index in [2.05, 4.69) is 4.98 Å². The molecule has 1 amide bonds. The largest absolute Gasteiger partial charge is 0.444 e. The zero-order valence-corrected chi connectivity index (χ0v) is 15.1. The summed E-state index contributed by atoms with van der Waals surface area (Å²) in [4.78, 5) is 18.8. The van der Waals surface area contributed by atoms with Crippen LogP contribution in [0.25, 0.3) is 0 Å². The van der Waals surface area contributed by atoms with Crippen LogP contribution in [0.15, 0.2) is 12.3 Å².